The number of hydrogen-bond acceptors (Lipinski definition) is 6. The minimum atomic E-state index is -0.502. The molecule has 36 heavy (non-hydrogen) atoms. The predicted molar refractivity (Wildman–Crippen MR) is 140 cm³/mol. The van der Waals surface area contributed by atoms with Gasteiger partial charge in [0.25, 0.3) is 0 Å². The summed E-state index contributed by atoms with van der Waals surface area (Å²) in [5, 5.41) is 8.87. The minimum absolute atomic E-state index is 0.282. The molecule has 0 fully saturated rings. The van der Waals surface area contributed by atoms with Crippen molar-refractivity contribution in [3.63, 3.8) is 0 Å². The van der Waals surface area contributed by atoms with Gasteiger partial charge in [0.05, 0.1) is 5.39 Å². The smallest absolute Gasteiger partial charge is 0.410 e. The third kappa shape index (κ3) is 5.56. The molecule has 4 heterocycles. The van der Waals surface area contributed by atoms with Gasteiger partial charge in [-0.3, -0.25) is 4.68 Å². The topological polar surface area (TPSA) is 101 Å². The lowest BCUT2D eigenvalue weighted by Crippen LogP contribution is -2.39. The number of nitrogens with zero attached hydrogens (tertiary/aromatic N) is 5. The Morgan fingerprint density at radius 3 is 2.75 bits per heavy atom. The van der Waals surface area contributed by atoms with Gasteiger partial charge in [0.15, 0.2) is 5.82 Å². The molecule has 1 amide bonds. The Hall–Kier alpha value is -4.14. The van der Waals surface area contributed by atoms with Crippen molar-refractivity contribution in [3.8, 4) is 0 Å². The van der Waals surface area contributed by atoms with Crippen LogP contribution in [0.4, 0.5) is 16.4 Å². The second-order valence-corrected chi connectivity index (χ2v) is 9.90. The second kappa shape index (κ2) is 9.85. The van der Waals surface area contributed by atoms with Crippen molar-refractivity contribution in [3.05, 3.63) is 72.3 Å². The molecule has 0 saturated carbocycles. The maximum atomic E-state index is 12.4. The lowest BCUT2D eigenvalue weighted by molar-refractivity contribution is 0.0270. The molecule has 1 aliphatic rings. The number of nitrogens with one attached hydrogen (secondary N) is 2. The number of hydrogen-bond donors (Lipinski definition) is 2. The first-order valence-electron chi connectivity index (χ1n) is 12.2. The monoisotopic (exact) mass is 485 g/mol. The lowest BCUT2D eigenvalue weighted by Gasteiger charge is -2.29. The number of aryl methyl sites for hydroxylation is 2. The van der Waals surface area contributed by atoms with E-state index in [9.17, 15) is 4.79 Å². The van der Waals surface area contributed by atoms with Crippen molar-refractivity contribution in [2.45, 2.75) is 45.8 Å². The summed E-state index contributed by atoms with van der Waals surface area (Å²) < 4.78 is 7.42. The van der Waals surface area contributed by atoms with Crippen LogP contribution < -0.4 is 5.32 Å². The van der Waals surface area contributed by atoms with Crippen molar-refractivity contribution in [2.75, 3.05) is 18.4 Å². The molecule has 0 saturated heterocycles. The molecular formula is C27H31N7O2. The molecule has 0 aliphatic carbocycles. The van der Waals surface area contributed by atoms with Gasteiger partial charge in [-0.05, 0) is 50.8 Å². The van der Waals surface area contributed by atoms with Crippen molar-refractivity contribution < 1.29 is 9.53 Å². The summed E-state index contributed by atoms with van der Waals surface area (Å²) >= 11 is 0. The van der Waals surface area contributed by atoms with Crippen LogP contribution in [0, 0.1) is 0 Å². The third-order valence-corrected chi connectivity index (χ3v) is 5.99. The molecule has 0 bridgehead atoms. The number of aromatic nitrogens is 5. The molecule has 9 nitrogen and oxygen atoms in total. The summed E-state index contributed by atoms with van der Waals surface area (Å²) in [6.45, 7) is 7.55. The van der Waals surface area contributed by atoms with Crippen molar-refractivity contribution >= 4 is 34.3 Å². The summed E-state index contributed by atoms with van der Waals surface area (Å²) in [6, 6.07) is 14.4. The first kappa shape index (κ1) is 23.6. The van der Waals surface area contributed by atoms with Crippen LogP contribution in [0.1, 0.15) is 38.4 Å². The van der Waals surface area contributed by atoms with Crippen LogP contribution in [-0.4, -0.2) is 54.4 Å². The van der Waals surface area contributed by atoms with Gasteiger partial charge < -0.3 is 19.9 Å². The standard InChI is InChI=1S/C27H31N7O2/c1-27(2,3)36-26(35)33-13-10-20(11-14-33)22-17-21-24(30-22)28-18-29-25(21)31-23-12-16-34(32-23)15-9-19-7-5-4-6-8-19/h4-8,10,12,16-18H,9,11,13-15H2,1-3H3,(H2,28,29,30,31,32). The highest BCUT2D eigenvalue weighted by molar-refractivity contribution is 5.91. The van der Waals surface area contributed by atoms with Crippen LogP contribution in [0.5, 0.6) is 0 Å². The SMILES string of the molecule is CC(C)(C)OC(=O)N1CC=C(c2cc3c(Nc4ccn(CCc5ccccc5)n4)ncnc3[nH]2)CC1. The largest absolute Gasteiger partial charge is 0.444 e. The Morgan fingerprint density at radius 2 is 2.00 bits per heavy atom. The van der Waals surface area contributed by atoms with Crippen LogP contribution in [0.15, 0.2) is 61.1 Å². The number of carbonyl (C=O) groups is 1. The summed E-state index contributed by atoms with van der Waals surface area (Å²) in [5.74, 6) is 1.43. The van der Waals surface area contributed by atoms with Gasteiger partial charge in [-0.15, -0.1) is 0 Å². The van der Waals surface area contributed by atoms with E-state index < -0.39 is 5.60 Å². The van der Waals surface area contributed by atoms with Gasteiger partial charge in [-0.25, -0.2) is 14.8 Å². The van der Waals surface area contributed by atoms with Crippen molar-refractivity contribution in [1.29, 1.82) is 0 Å². The van der Waals surface area contributed by atoms with E-state index in [4.69, 9.17) is 4.74 Å². The molecular weight excluding hydrogens is 454 g/mol. The molecule has 1 aromatic carbocycles. The highest BCUT2D eigenvalue weighted by Crippen LogP contribution is 2.29. The second-order valence-electron chi connectivity index (χ2n) is 9.90. The van der Waals surface area contributed by atoms with E-state index in [1.165, 1.54) is 11.9 Å². The van der Waals surface area contributed by atoms with E-state index in [1.807, 2.05) is 43.8 Å². The molecule has 2 N–H and O–H groups in total. The number of aromatic amines is 1. The van der Waals surface area contributed by atoms with E-state index in [2.05, 4.69) is 61.8 Å². The molecule has 3 aromatic heterocycles. The Bertz CT molecular complexity index is 1380. The van der Waals surface area contributed by atoms with Crippen LogP contribution in [-0.2, 0) is 17.7 Å². The molecule has 4 aromatic rings. The number of amides is 1. The highest BCUT2D eigenvalue weighted by Gasteiger charge is 2.24. The fourth-order valence-electron chi connectivity index (χ4n) is 4.18. The average molecular weight is 486 g/mol. The fourth-order valence-corrected chi connectivity index (χ4v) is 4.18. The molecule has 0 spiro atoms. The summed E-state index contributed by atoms with van der Waals surface area (Å²) in [7, 11) is 0. The Kier molecular flexibility index (Phi) is 6.45. The summed E-state index contributed by atoms with van der Waals surface area (Å²) in [5.41, 5.74) is 3.65. The van der Waals surface area contributed by atoms with Gasteiger partial charge in [0.2, 0.25) is 0 Å². The van der Waals surface area contributed by atoms with Gasteiger partial charge in [0, 0.05) is 37.6 Å². The maximum absolute atomic E-state index is 12.4. The average Bonchev–Trinajstić information content (AvgIpc) is 3.50. The predicted octanol–water partition coefficient (Wildman–Crippen LogP) is 5.16. The number of benzene rings is 1. The van der Waals surface area contributed by atoms with E-state index in [1.54, 1.807) is 4.90 Å². The zero-order valence-electron chi connectivity index (χ0n) is 20.9. The molecule has 0 atom stereocenters. The molecule has 0 unspecified atom stereocenters. The molecule has 1 aliphatic heterocycles. The van der Waals surface area contributed by atoms with Crippen LogP contribution in [0.3, 0.4) is 0 Å². The molecule has 5 rings (SSSR count). The van der Waals surface area contributed by atoms with Gasteiger partial charge in [0.1, 0.15) is 23.4 Å². The van der Waals surface area contributed by atoms with Crippen molar-refractivity contribution in [2.24, 2.45) is 0 Å². The van der Waals surface area contributed by atoms with Gasteiger partial charge in [-0.2, -0.15) is 5.10 Å². The summed E-state index contributed by atoms with van der Waals surface area (Å²) in [6.07, 6.45) is 6.93. The quantitative estimate of drug-likeness (QED) is 0.391. The van der Waals surface area contributed by atoms with Crippen LogP contribution in [0.25, 0.3) is 16.6 Å². The maximum Gasteiger partial charge on any atom is 0.410 e. The number of fused-ring (bicyclic) bond motifs is 1. The fraction of sp³-hybridized carbons (Fsp3) is 0.333. The number of H-pyrrole nitrogens is 1. The highest BCUT2D eigenvalue weighted by atomic mass is 16.6. The van der Waals surface area contributed by atoms with Gasteiger partial charge >= 0.3 is 6.09 Å². The number of ether oxygens (including phenoxy) is 1. The Balaban J connectivity index is 1.26. The minimum Gasteiger partial charge on any atom is -0.444 e. The van der Waals surface area contributed by atoms with Crippen LogP contribution >= 0.6 is 0 Å². The first-order chi connectivity index (χ1) is 17.3. The Labute approximate surface area is 210 Å². The zero-order valence-corrected chi connectivity index (χ0v) is 20.9. The van der Waals surface area contributed by atoms with Gasteiger partial charge in [-0.1, -0.05) is 36.4 Å². The van der Waals surface area contributed by atoms with E-state index >= 15 is 0 Å². The number of rotatable bonds is 6. The number of anilines is 2. The van der Waals surface area contributed by atoms with E-state index in [0.29, 0.717) is 18.9 Å². The van der Waals surface area contributed by atoms with E-state index in [-0.39, 0.29) is 6.09 Å². The summed E-state index contributed by atoms with van der Waals surface area (Å²) in [4.78, 5) is 26.3. The van der Waals surface area contributed by atoms with E-state index in [0.717, 1.165) is 47.5 Å². The molecule has 9 heteroatoms. The normalized spacial score (nSPS) is 14.1. The first-order valence-corrected chi connectivity index (χ1v) is 12.2. The zero-order chi connectivity index (χ0) is 25.1. The third-order valence-electron chi connectivity index (χ3n) is 5.99. The molecule has 186 valence electrons. The Morgan fingerprint density at radius 1 is 1.17 bits per heavy atom. The molecule has 0 radical (unpaired) electrons. The van der Waals surface area contributed by atoms with Crippen molar-refractivity contribution in [1.82, 2.24) is 29.6 Å². The lowest BCUT2D eigenvalue weighted by atomic mass is 10.1. The van der Waals surface area contributed by atoms with Crippen LogP contribution in [0.2, 0.25) is 0 Å². The number of carbonyl (C=O) groups excluding carboxylic acids is 1.